The average molecular weight is 318 g/mol. The quantitative estimate of drug-likeness (QED) is 0.647. The molecule has 1 atom stereocenters. The van der Waals surface area contributed by atoms with Crippen LogP contribution in [0.2, 0.25) is 0 Å². The van der Waals surface area contributed by atoms with Crippen LogP contribution in [0.25, 0.3) is 0 Å². The number of aromatic nitrogens is 2. The number of nitrogen functional groups attached to an aromatic ring is 1. The second kappa shape index (κ2) is 5.71. The zero-order valence-electron chi connectivity index (χ0n) is 12.1. The molecule has 0 aliphatic heterocycles. The first-order valence-corrected chi connectivity index (χ1v) is 7.17. The van der Waals surface area contributed by atoms with E-state index in [1.165, 1.54) is 12.1 Å². The summed E-state index contributed by atoms with van der Waals surface area (Å²) in [6.45, 7) is 0. The summed E-state index contributed by atoms with van der Waals surface area (Å²) in [5, 5.41) is 2.71. The van der Waals surface area contributed by atoms with Crippen LogP contribution in [-0.2, 0) is 6.42 Å². The van der Waals surface area contributed by atoms with Crippen molar-refractivity contribution < 1.29 is 9.18 Å². The van der Waals surface area contributed by atoms with Crippen LogP contribution in [0.15, 0.2) is 27.8 Å². The number of amides is 1. The van der Waals surface area contributed by atoms with Gasteiger partial charge in [-0.15, -0.1) is 0 Å². The highest BCUT2D eigenvalue weighted by molar-refractivity contribution is 5.97. The van der Waals surface area contributed by atoms with Gasteiger partial charge in [0, 0.05) is 0 Å². The maximum Gasteiger partial charge on any atom is 0.326 e. The van der Waals surface area contributed by atoms with Gasteiger partial charge in [0.1, 0.15) is 17.2 Å². The molecule has 23 heavy (non-hydrogen) atoms. The minimum absolute atomic E-state index is 0.290. The lowest BCUT2D eigenvalue weighted by Gasteiger charge is -2.26. The van der Waals surface area contributed by atoms with Crippen LogP contribution in [0.1, 0.15) is 40.5 Å². The largest absolute Gasteiger partial charge is 0.392 e. The topological polar surface area (TPSA) is 121 Å². The Morgan fingerprint density at radius 2 is 2.09 bits per heavy atom. The van der Waals surface area contributed by atoms with E-state index >= 15 is 0 Å². The third-order valence-corrected chi connectivity index (χ3v) is 3.93. The number of H-pyrrole nitrogens is 2. The molecule has 0 radical (unpaired) electrons. The summed E-state index contributed by atoms with van der Waals surface area (Å²) < 4.78 is 13.5. The van der Waals surface area contributed by atoms with Crippen LogP contribution in [-0.4, -0.2) is 15.9 Å². The van der Waals surface area contributed by atoms with Crippen molar-refractivity contribution in [1.29, 1.82) is 0 Å². The number of hydrogen-bond acceptors (Lipinski definition) is 4. The molecule has 0 bridgehead atoms. The predicted octanol–water partition coefficient (Wildman–Crippen LogP) is 0.592. The Balaban J connectivity index is 1.92. The van der Waals surface area contributed by atoms with E-state index in [9.17, 15) is 18.8 Å². The van der Waals surface area contributed by atoms with Crippen LogP contribution in [0, 0.1) is 5.82 Å². The van der Waals surface area contributed by atoms with Crippen molar-refractivity contribution in [3.63, 3.8) is 0 Å². The molecule has 3 rings (SSSR count). The van der Waals surface area contributed by atoms with Crippen LogP contribution in [0.4, 0.5) is 10.1 Å². The number of aromatic amines is 2. The van der Waals surface area contributed by atoms with Crippen LogP contribution in [0.3, 0.4) is 0 Å². The number of anilines is 1. The van der Waals surface area contributed by atoms with Gasteiger partial charge in [-0.25, -0.2) is 9.18 Å². The van der Waals surface area contributed by atoms with Gasteiger partial charge >= 0.3 is 5.69 Å². The lowest BCUT2D eigenvalue weighted by molar-refractivity contribution is 0.0928. The number of aryl methyl sites for hydroxylation is 1. The number of benzene rings is 1. The number of carbonyl (C=O) groups is 1. The molecule has 7 nitrogen and oxygen atoms in total. The summed E-state index contributed by atoms with van der Waals surface area (Å²) in [6, 6.07) is 4.08. The van der Waals surface area contributed by atoms with Gasteiger partial charge in [0.05, 0.1) is 6.04 Å². The minimum atomic E-state index is -0.825. The number of nitrogens with one attached hydrogen (secondary N) is 3. The van der Waals surface area contributed by atoms with Crippen molar-refractivity contribution in [3.05, 3.63) is 61.7 Å². The average Bonchev–Trinajstić information content (AvgIpc) is 2.51. The summed E-state index contributed by atoms with van der Waals surface area (Å²) in [4.78, 5) is 39.3. The number of halogens is 1. The third kappa shape index (κ3) is 2.87. The first-order valence-electron chi connectivity index (χ1n) is 7.17. The third-order valence-electron chi connectivity index (χ3n) is 3.93. The Morgan fingerprint density at radius 1 is 1.30 bits per heavy atom. The molecule has 5 N–H and O–H groups in total. The maximum absolute atomic E-state index is 13.5. The van der Waals surface area contributed by atoms with E-state index in [0.717, 1.165) is 18.4 Å². The molecule has 0 saturated heterocycles. The summed E-state index contributed by atoms with van der Waals surface area (Å²) in [5.74, 6) is -1.05. The monoisotopic (exact) mass is 318 g/mol. The SMILES string of the molecule is Nc1c(C(=O)NC2CCCc3ccc(F)cc32)[nH]c(=O)[nH]c1=O. The van der Waals surface area contributed by atoms with Gasteiger partial charge in [0.2, 0.25) is 0 Å². The molecule has 2 aromatic rings. The molecule has 1 aliphatic carbocycles. The zero-order valence-corrected chi connectivity index (χ0v) is 12.1. The number of rotatable bonds is 2. The zero-order chi connectivity index (χ0) is 16.6. The van der Waals surface area contributed by atoms with Crippen molar-refractivity contribution in [2.45, 2.75) is 25.3 Å². The van der Waals surface area contributed by atoms with Gasteiger partial charge in [-0.3, -0.25) is 14.6 Å². The molecular formula is C15H15FN4O3. The van der Waals surface area contributed by atoms with E-state index in [-0.39, 0.29) is 17.2 Å². The second-order valence-corrected chi connectivity index (χ2v) is 5.46. The fourth-order valence-corrected chi connectivity index (χ4v) is 2.83. The highest BCUT2D eigenvalue weighted by atomic mass is 19.1. The van der Waals surface area contributed by atoms with E-state index in [1.54, 1.807) is 6.07 Å². The lowest BCUT2D eigenvalue weighted by atomic mass is 9.87. The van der Waals surface area contributed by atoms with E-state index in [4.69, 9.17) is 5.73 Å². The molecule has 1 unspecified atom stereocenters. The summed E-state index contributed by atoms with van der Waals surface area (Å²) in [5.41, 5.74) is 4.92. The molecule has 1 heterocycles. The van der Waals surface area contributed by atoms with Gasteiger partial charge in [0.25, 0.3) is 11.5 Å². The number of nitrogens with two attached hydrogens (primary N) is 1. The molecular weight excluding hydrogens is 303 g/mol. The standard InChI is InChI=1S/C15H15FN4O3/c16-8-5-4-7-2-1-3-10(9(7)6-8)18-14(22)12-11(17)13(21)20-15(23)19-12/h4-6,10H,1-3,17H2,(H,18,22)(H2,19,20,21,23). The van der Waals surface area contributed by atoms with Crippen LogP contribution in [0.5, 0.6) is 0 Å². The van der Waals surface area contributed by atoms with Gasteiger partial charge in [-0.2, -0.15) is 0 Å². The maximum atomic E-state index is 13.5. The van der Waals surface area contributed by atoms with Crippen LogP contribution < -0.4 is 22.3 Å². The van der Waals surface area contributed by atoms with E-state index in [2.05, 4.69) is 10.3 Å². The molecule has 0 spiro atoms. The Morgan fingerprint density at radius 3 is 2.87 bits per heavy atom. The normalized spacial score (nSPS) is 16.7. The number of carbonyl (C=O) groups excluding carboxylic acids is 1. The van der Waals surface area contributed by atoms with Gasteiger partial charge in [-0.05, 0) is 42.5 Å². The molecule has 120 valence electrons. The van der Waals surface area contributed by atoms with Crippen molar-refractivity contribution in [2.75, 3.05) is 5.73 Å². The Bertz CT molecular complexity index is 887. The van der Waals surface area contributed by atoms with Gasteiger partial charge in [0.15, 0.2) is 0 Å². The molecule has 1 aromatic heterocycles. The van der Waals surface area contributed by atoms with E-state index in [0.29, 0.717) is 12.0 Å². The molecule has 8 heteroatoms. The van der Waals surface area contributed by atoms with Crippen LogP contribution >= 0.6 is 0 Å². The number of hydrogen-bond donors (Lipinski definition) is 4. The number of fused-ring (bicyclic) bond motifs is 1. The molecule has 0 saturated carbocycles. The fraction of sp³-hybridized carbons (Fsp3) is 0.267. The Labute approximate surface area is 129 Å². The molecule has 1 aromatic carbocycles. The van der Waals surface area contributed by atoms with E-state index < -0.39 is 23.2 Å². The lowest BCUT2D eigenvalue weighted by Crippen LogP contribution is -2.36. The second-order valence-electron chi connectivity index (χ2n) is 5.46. The molecule has 0 fully saturated rings. The Kier molecular flexibility index (Phi) is 3.73. The highest BCUT2D eigenvalue weighted by Crippen LogP contribution is 2.30. The van der Waals surface area contributed by atoms with Gasteiger partial charge in [-0.1, -0.05) is 6.07 Å². The van der Waals surface area contributed by atoms with Crippen molar-refractivity contribution >= 4 is 11.6 Å². The minimum Gasteiger partial charge on any atom is -0.392 e. The summed E-state index contributed by atoms with van der Waals surface area (Å²) in [7, 11) is 0. The molecule has 1 amide bonds. The van der Waals surface area contributed by atoms with Gasteiger partial charge < -0.3 is 16.0 Å². The van der Waals surface area contributed by atoms with Crippen molar-refractivity contribution in [2.24, 2.45) is 0 Å². The predicted molar refractivity (Wildman–Crippen MR) is 81.6 cm³/mol. The first kappa shape index (κ1) is 15.0. The van der Waals surface area contributed by atoms with E-state index in [1.807, 2.05) is 4.98 Å². The fourth-order valence-electron chi connectivity index (χ4n) is 2.83. The molecule has 1 aliphatic rings. The summed E-state index contributed by atoms with van der Waals surface area (Å²) >= 11 is 0. The smallest absolute Gasteiger partial charge is 0.326 e. The summed E-state index contributed by atoms with van der Waals surface area (Å²) in [6.07, 6.45) is 2.28. The van der Waals surface area contributed by atoms with Crippen molar-refractivity contribution in [1.82, 2.24) is 15.3 Å². The first-order chi connectivity index (χ1) is 11.0. The van der Waals surface area contributed by atoms with Crippen molar-refractivity contribution in [3.8, 4) is 0 Å². The highest BCUT2D eigenvalue weighted by Gasteiger charge is 2.24. The Hall–Kier alpha value is -2.90.